The van der Waals surface area contributed by atoms with E-state index in [4.69, 9.17) is 4.74 Å². The van der Waals surface area contributed by atoms with Gasteiger partial charge in [-0.25, -0.2) is 13.4 Å². The fourth-order valence-corrected chi connectivity index (χ4v) is 6.51. The highest BCUT2D eigenvalue weighted by atomic mass is 32.2. The second-order valence-electron chi connectivity index (χ2n) is 7.14. The van der Waals surface area contributed by atoms with Crippen molar-refractivity contribution in [2.24, 2.45) is 0 Å². The summed E-state index contributed by atoms with van der Waals surface area (Å²) in [7, 11) is -4.22. The molecular weight excluding hydrogens is 471 g/mol. The van der Waals surface area contributed by atoms with Crippen molar-refractivity contribution in [3.05, 3.63) is 42.5 Å². The van der Waals surface area contributed by atoms with E-state index < -0.39 is 26.9 Å². The molecule has 0 aliphatic carbocycles. The Hall–Kier alpha value is -2.70. The predicted octanol–water partition coefficient (Wildman–Crippen LogP) is 4.27. The zero-order valence-corrected chi connectivity index (χ0v) is 17.9. The summed E-state index contributed by atoms with van der Waals surface area (Å²) in [4.78, 5) is 16.2. The highest BCUT2D eigenvalue weighted by Gasteiger charge is 2.52. The lowest BCUT2D eigenvalue weighted by molar-refractivity contribution is -0.274. The number of hydrogen-bond donors (Lipinski definition) is 1. The lowest BCUT2D eigenvalue weighted by Crippen LogP contribution is -2.50. The fraction of sp³-hybridized carbons (Fsp3) is 0.300. The van der Waals surface area contributed by atoms with Gasteiger partial charge in [0.05, 0.1) is 15.1 Å². The van der Waals surface area contributed by atoms with Crippen molar-refractivity contribution >= 4 is 37.4 Å². The van der Waals surface area contributed by atoms with Gasteiger partial charge >= 0.3 is 12.3 Å². The number of halogens is 3. The minimum absolute atomic E-state index is 0.0343. The summed E-state index contributed by atoms with van der Waals surface area (Å²) in [5.74, 6) is -1.78. The summed E-state index contributed by atoms with van der Waals surface area (Å²) in [5.41, 5.74) is 1.01. The van der Waals surface area contributed by atoms with E-state index in [1.54, 1.807) is 0 Å². The number of aromatic nitrogens is 1. The SMILES string of the molecule is O=C(O)C1(S(=O)(=O)c2ccc3nc(-c4ccc(OC(F)(F)F)cc4)sc3c2)CCOCC1. The van der Waals surface area contributed by atoms with Crippen LogP contribution in [0.25, 0.3) is 20.8 Å². The number of sulfone groups is 1. The smallest absolute Gasteiger partial charge is 0.480 e. The van der Waals surface area contributed by atoms with Gasteiger partial charge in [-0.2, -0.15) is 0 Å². The van der Waals surface area contributed by atoms with Crippen LogP contribution in [0.4, 0.5) is 13.2 Å². The third kappa shape index (κ3) is 4.05. The van der Waals surface area contributed by atoms with Crippen molar-refractivity contribution in [1.29, 1.82) is 0 Å². The Morgan fingerprint density at radius 2 is 1.78 bits per heavy atom. The number of carbonyl (C=O) groups is 1. The van der Waals surface area contributed by atoms with Crippen molar-refractivity contribution in [3.63, 3.8) is 0 Å². The van der Waals surface area contributed by atoms with Gasteiger partial charge < -0.3 is 14.6 Å². The van der Waals surface area contributed by atoms with Crippen LogP contribution in [0, 0.1) is 0 Å². The number of ether oxygens (including phenoxy) is 2. The molecule has 1 N–H and O–H groups in total. The molecule has 1 aliphatic rings. The van der Waals surface area contributed by atoms with Gasteiger partial charge in [-0.3, -0.25) is 4.79 Å². The Morgan fingerprint density at radius 1 is 1.12 bits per heavy atom. The quantitative estimate of drug-likeness (QED) is 0.573. The van der Waals surface area contributed by atoms with Crippen molar-refractivity contribution in [3.8, 4) is 16.3 Å². The number of carboxylic acids is 1. The van der Waals surface area contributed by atoms with E-state index >= 15 is 0 Å². The first-order valence-corrected chi connectivity index (χ1v) is 11.6. The molecule has 2 heterocycles. The Labute approximate surface area is 184 Å². The molecule has 7 nitrogen and oxygen atoms in total. The number of alkyl halides is 3. The zero-order valence-electron chi connectivity index (χ0n) is 16.3. The first-order valence-electron chi connectivity index (χ1n) is 9.34. The van der Waals surface area contributed by atoms with Gasteiger partial charge in [-0.05, 0) is 42.5 Å². The topological polar surface area (TPSA) is 103 Å². The minimum atomic E-state index is -4.79. The van der Waals surface area contributed by atoms with E-state index in [0.29, 0.717) is 20.8 Å². The molecular formula is C20H16F3NO6S2. The Morgan fingerprint density at radius 3 is 2.38 bits per heavy atom. The molecule has 0 bridgehead atoms. The molecule has 1 saturated heterocycles. The number of nitrogens with zero attached hydrogens (tertiary/aromatic N) is 1. The first-order chi connectivity index (χ1) is 15.0. The van der Waals surface area contributed by atoms with Crippen molar-refractivity contribution in [2.75, 3.05) is 13.2 Å². The maximum atomic E-state index is 13.3. The van der Waals surface area contributed by atoms with Gasteiger partial charge in [-0.15, -0.1) is 24.5 Å². The van der Waals surface area contributed by atoms with Gasteiger partial charge in [0.1, 0.15) is 10.8 Å². The third-order valence-corrected chi connectivity index (χ3v) is 8.76. The van der Waals surface area contributed by atoms with Gasteiger partial charge in [0.2, 0.25) is 0 Å². The molecule has 0 spiro atoms. The van der Waals surface area contributed by atoms with E-state index in [0.717, 1.165) is 23.5 Å². The van der Waals surface area contributed by atoms with Crippen LogP contribution in [-0.4, -0.2) is 48.8 Å². The molecule has 2 aromatic carbocycles. The molecule has 12 heteroatoms. The summed E-state index contributed by atoms with van der Waals surface area (Å²) in [5, 5.41) is 10.2. The van der Waals surface area contributed by atoms with Crippen LogP contribution in [0.2, 0.25) is 0 Å². The molecule has 1 aromatic heterocycles. The fourth-order valence-electron chi connectivity index (χ4n) is 3.52. The standard InChI is InChI=1S/C20H16F3NO6S2/c21-20(22,23)30-13-3-1-12(2-4-13)17-24-15-6-5-14(11-16(15)31-17)32(27,28)19(18(25)26)7-9-29-10-8-19/h1-6,11H,7-10H2,(H,25,26). The van der Waals surface area contributed by atoms with Crippen molar-refractivity contribution in [2.45, 2.75) is 28.8 Å². The number of aliphatic carboxylic acids is 1. The summed E-state index contributed by atoms with van der Waals surface area (Å²) in [6.45, 7) is 0.0685. The van der Waals surface area contributed by atoms with Gasteiger partial charge in [0.25, 0.3) is 0 Å². The van der Waals surface area contributed by atoms with E-state index in [9.17, 15) is 31.5 Å². The molecule has 0 unspecified atom stereocenters. The maximum Gasteiger partial charge on any atom is 0.573 e. The average molecular weight is 487 g/mol. The Balaban J connectivity index is 1.68. The molecule has 0 amide bonds. The highest BCUT2D eigenvalue weighted by Crippen LogP contribution is 2.38. The monoisotopic (exact) mass is 487 g/mol. The van der Waals surface area contributed by atoms with Crippen molar-refractivity contribution in [1.82, 2.24) is 4.98 Å². The largest absolute Gasteiger partial charge is 0.573 e. The molecule has 4 rings (SSSR count). The number of carboxylic acid groups (broad SMARTS) is 1. The second kappa shape index (κ2) is 8.01. The van der Waals surface area contributed by atoms with E-state index in [-0.39, 0.29) is 36.7 Å². The number of benzene rings is 2. The van der Waals surface area contributed by atoms with Crippen LogP contribution in [-0.2, 0) is 19.4 Å². The molecule has 1 aliphatic heterocycles. The number of fused-ring (bicyclic) bond motifs is 1. The zero-order chi connectivity index (χ0) is 23.1. The Kier molecular flexibility index (Phi) is 5.63. The maximum absolute atomic E-state index is 13.3. The lowest BCUT2D eigenvalue weighted by Gasteiger charge is -2.32. The predicted molar refractivity (Wildman–Crippen MR) is 109 cm³/mol. The normalized spacial score (nSPS) is 16.7. The van der Waals surface area contributed by atoms with Gasteiger partial charge in [0.15, 0.2) is 14.6 Å². The lowest BCUT2D eigenvalue weighted by atomic mass is 9.99. The van der Waals surface area contributed by atoms with E-state index in [2.05, 4.69) is 9.72 Å². The van der Waals surface area contributed by atoms with Crippen LogP contribution in [0.15, 0.2) is 47.4 Å². The molecule has 32 heavy (non-hydrogen) atoms. The van der Waals surface area contributed by atoms with Crippen LogP contribution >= 0.6 is 11.3 Å². The van der Waals surface area contributed by atoms with Gasteiger partial charge in [-0.1, -0.05) is 0 Å². The Bertz CT molecular complexity index is 1260. The van der Waals surface area contributed by atoms with Crippen LogP contribution in [0.5, 0.6) is 5.75 Å². The molecule has 0 radical (unpaired) electrons. The van der Waals surface area contributed by atoms with Crippen LogP contribution in [0.3, 0.4) is 0 Å². The molecule has 0 saturated carbocycles. The van der Waals surface area contributed by atoms with Crippen LogP contribution < -0.4 is 4.74 Å². The number of rotatable bonds is 5. The number of thiazole rings is 1. The second-order valence-corrected chi connectivity index (χ2v) is 10.4. The molecule has 3 aromatic rings. The van der Waals surface area contributed by atoms with Gasteiger partial charge in [0, 0.05) is 31.6 Å². The molecule has 1 fully saturated rings. The molecule has 0 atom stereocenters. The number of hydrogen-bond acceptors (Lipinski definition) is 7. The third-order valence-electron chi connectivity index (χ3n) is 5.21. The summed E-state index contributed by atoms with van der Waals surface area (Å²) >= 11 is 1.14. The first kappa shape index (κ1) is 22.5. The summed E-state index contributed by atoms with van der Waals surface area (Å²) < 4.78 is 71.1. The van der Waals surface area contributed by atoms with Crippen molar-refractivity contribution < 1.29 is 41.0 Å². The molecule has 170 valence electrons. The van der Waals surface area contributed by atoms with E-state index in [1.807, 2.05) is 0 Å². The minimum Gasteiger partial charge on any atom is -0.480 e. The average Bonchev–Trinajstić information content (AvgIpc) is 3.17. The summed E-state index contributed by atoms with van der Waals surface area (Å²) in [6.07, 6.45) is -5.09. The van der Waals surface area contributed by atoms with E-state index in [1.165, 1.54) is 30.3 Å². The highest BCUT2D eigenvalue weighted by molar-refractivity contribution is 7.93. The summed E-state index contributed by atoms with van der Waals surface area (Å²) in [6, 6.07) is 9.34. The van der Waals surface area contributed by atoms with Crippen LogP contribution in [0.1, 0.15) is 12.8 Å².